The number of benzene rings is 4. The van der Waals surface area contributed by atoms with Gasteiger partial charge in [0.2, 0.25) is 0 Å². The Morgan fingerprint density at radius 2 is 1.07 bits per heavy atom. The second-order valence-electron chi connectivity index (χ2n) is 9.11. The van der Waals surface area contributed by atoms with Crippen LogP contribution in [0.15, 0.2) is 72.8 Å². The Morgan fingerprint density at radius 1 is 0.600 bits per heavy atom. The third-order valence-electron chi connectivity index (χ3n) is 7.63. The zero-order valence-corrected chi connectivity index (χ0v) is 17.0. The number of hydrogen-bond acceptors (Lipinski definition) is 0. The van der Waals surface area contributed by atoms with Crippen LogP contribution in [-0.2, 0) is 5.41 Å². The summed E-state index contributed by atoms with van der Waals surface area (Å²) in [5.41, 5.74) is 17.2. The van der Waals surface area contributed by atoms with Gasteiger partial charge in [0, 0.05) is 5.92 Å². The first-order valence-corrected chi connectivity index (χ1v) is 10.6. The van der Waals surface area contributed by atoms with Crippen LogP contribution in [0, 0.1) is 13.8 Å². The Balaban J connectivity index is 0.00000175. The van der Waals surface area contributed by atoms with Crippen molar-refractivity contribution in [1.29, 1.82) is 0 Å². The highest BCUT2D eigenvalue weighted by atomic mass is 14.6. The SMILES string of the molecule is C.Cc1ccc2c(c1)C1(c3cc(C)ccc3-2)c2cccc3c2-c2c(cccc21)C3C. The first-order valence-electron chi connectivity index (χ1n) is 10.6. The second-order valence-corrected chi connectivity index (χ2v) is 9.11. The fraction of sp³-hybridized carbons (Fsp3) is 0.200. The minimum absolute atomic E-state index is 0. The molecule has 146 valence electrons. The highest BCUT2D eigenvalue weighted by Gasteiger charge is 2.54. The predicted octanol–water partition coefficient (Wildman–Crippen LogP) is 7.75. The van der Waals surface area contributed by atoms with Crippen molar-refractivity contribution in [2.24, 2.45) is 0 Å². The van der Waals surface area contributed by atoms with Crippen LogP contribution in [0.2, 0.25) is 0 Å². The van der Waals surface area contributed by atoms with Crippen LogP contribution in [-0.4, -0.2) is 0 Å². The standard InChI is InChI=1S/C29H22.CH4/c1-16-10-12-21-22-13-11-17(2)15-26(22)29(25(21)14-16)23-8-4-6-19-18(3)20-7-5-9-24(29)28(20)27(19)23;/h4-15,18H,1-3H3;1H4. The molecule has 30 heavy (non-hydrogen) atoms. The van der Waals surface area contributed by atoms with Gasteiger partial charge >= 0.3 is 0 Å². The molecule has 0 aromatic heterocycles. The van der Waals surface area contributed by atoms with Gasteiger partial charge in [-0.15, -0.1) is 0 Å². The molecule has 0 bridgehead atoms. The van der Waals surface area contributed by atoms with Gasteiger partial charge in [0.05, 0.1) is 5.41 Å². The molecule has 0 N–H and O–H groups in total. The van der Waals surface area contributed by atoms with Gasteiger partial charge in [-0.2, -0.15) is 0 Å². The molecule has 0 unspecified atom stereocenters. The van der Waals surface area contributed by atoms with Crippen LogP contribution in [0.25, 0.3) is 22.3 Å². The van der Waals surface area contributed by atoms with Crippen molar-refractivity contribution in [1.82, 2.24) is 0 Å². The van der Waals surface area contributed by atoms with E-state index in [1.807, 2.05) is 0 Å². The van der Waals surface area contributed by atoms with Crippen LogP contribution in [0.1, 0.15) is 64.8 Å². The van der Waals surface area contributed by atoms with Gasteiger partial charge < -0.3 is 0 Å². The topological polar surface area (TPSA) is 0 Å². The molecule has 0 atom stereocenters. The zero-order chi connectivity index (χ0) is 19.5. The predicted molar refractivity (Wildman–Crippen MR) is 126 cm³/mol. The quantitative estimate of drug-likeness (QED) is 0.250. The fourth-order valence-electron chi connectivity index (χ4n) is 6.49. The molecule has 3 aliphatic rings. The molecule has 0 radical (unpaired) electrons. The summed E-state index contributed by atoms with van der Waals surface area (Å²) >= 11 is 0. The summed E-state index contributed by atoms with van der Waals surface area (Å²) in [5, 5.41) is 0. The molecule has 4 aromatic rings. The number of hydrogen-bond donors (Lipinski definition) is 0. The normalized spacial score (nSPS) is 15.7. The van der Waals surface area contributed by atoms with E-state index in [9.17, 15) is 0 Å². The van der Waals surface area contributed by atoms with Crippen molar-refractivity contribution >= 4 is 0 Å². The van der Waals surface area contributed by atoms with Gasteiger partial charge in [-0.25, -0.2) is 0 Å². The smallest absolute Gasteiger partial charge is 0.0725 e. The summed E-state index contributed by atoms with van der Waals surface area (Å²) < 4.78 is 0. The van der Waals surface area contributed by atoms with Gasteiger partial charge in [-0.1, -0.05) is 98.3 Å². The summed E-state index contributed by atoms with van der Waals surface area (Å²) in [6.07, 6.45) is 0. The number of fused-ring (bicyclic) bond motifs is 7. The maximum absolute atomic E-state index is 2.44. The molecule has 0 fully saturated rings. The molecule has 0 aliphatic heterocycles. The Kier molecular flexibility index (Phi) is 3.26. The summed E-state index contributed by atoms with van der Waals surface area (Å²) in [6, 6.07) is 28.1. The van der Waals surface area contributed by atoms with Crippen molar-refractivity contribution in [3.8, 4) is 22.3 Å². The highest BCUT2D eigenvalue weighted by molar-refractivity contribution is 5.99. The van der Waals surface area contributed by atoms with Crippen LogP contribution >= 0.6 is 0 Å². The lowest BCUT2D eigenvalue weighted by Gasteiger charge is -2.32. The van der Waals surface area contributed by atoms with Crippen LogP contribution in [0.4, 0.5) is 0 Å². The van der Waals surface area contributed by atoms with Gasteiger partial charge in [-0.3, -0.25) is 0 Å². The molecule has 7 rings (SSSR count). The third kappa shape index (κ3) is 1.72. The Labute approximate surface area is 179 Å². The van der Waals surface area contributed by atoms with E-state index in [1.54, 1.807) is 0 Å². The minimum Gasteiger partial charge on any atom is -0.0776 e. The second kappa shape index (κ2) is 5.52. The Hall–Kier alpha value is -3.12. The van der Waals surface area contributed by atoms with Crippen LogP contribution in [0.3, 0.4) is 0 Å². The van der Waals surface area contributed by atoms with E-state index in [0.717, 1.165) is 0 Å². The van der Waals surface area contributed by atoms with Gasteiger partial charge in [0.15, 0.2) is 0 Å². The van der Waals surface area contributed by atoms with E-state index in [-0.39, 0.29) is 12.8 Å². The summed E-state index contributed by atoms with van der Waals surface area (Å²) in [7, 11) is 0. The lowest BCUT2D eigenvalue weighted by molar-refractivity contribution is 0.783. The average Bonchev–Trinajstić information content (AvgIpc) is 3.30. The number of rotatable bonds is 0. The summed E-state index contributed by atoms with van der Waals surface area (Å²) in [4.78, 5) is 0. The Morgan fingerprint density at radius 3 is 1.53 bits per heavy atom. The van der Waals surface area contributed by atoms with Gasteiger partial charge in [0.1, 0.15) is 0 Å². The van der Waals surface area contributed by atoms with E-state index in [1.165, 1.54) is 66.8 Å². The molecule has 0 nitrogen and oxygen atoms in total. The third-order valence-corrected chi connectivity index (χ3v) is 7.63. The first-order chi connectivity index (χ1) is 14.1. The first kappa shape index (κ1) is 17.7. The summed E-state index contributed by atoms with van der Waals surface area (Å²) in [5.74, 6) is 0.479. The largest absolute Gasteiger partial charge is 0.0776 e. The molecule has 0 heterocycles. The molecule has 0 saturated heterocycles. The van der Waals surface area contributed by atoms with E-state index in [2.05, 4.69) is 93.6 Å². The molecule has 3 aliphatic carbocycles. The van der Waals surface area contributed by atoms with E-state index in [0.29, 0.717) is 5.92 Å². The van der Waals surface area contributed by atoms with E-state index < -0.39 is 0 Å². The van der Waals surface area contributed by atoms with E-state index >= 15 is 0 Å². The van der Waals surface area contributed by atoms with Gasteiger partial charge in [0.25, 0.3) is 0 Å². The van der Waals surface area contributed by atoms with Crippen LogP contribution in [0.5, 0.6) is 0 Å². The monoisotopic (exact) mass is 386 g/mol. The molecule has 0 amide bonds. The molecule has 4 aromatic carbocycles. The molecule has 1 spiro atoms. The van der Waals surface area contributed by atoms with Gasteiger partial charge in [-0.05, 0) is 69.5 Å². The lowest BCUT2D eigenvalue weighted by Crippen LogP contribution is -2.26. The highest BCUT2D eigenvalue weighted by Crippen LogP contribution is 2.66. The minimum atomic E-state index is -0.181. The van der Waals surface area contributed by atoms with E-state index in [4.69, 9.17) is 0 Å². The molecule has 0 saturated carbocycles. The maximum atomic E-state index is 2.44. The average molecular weight is 387 g/mol. The number of aryl methyl sites for hydroxylation is 2. The summed E-state index contributed by atoms with van der Waals surface area (Å²) in [6.45, 7) is 6.81. The van der Waals surface area contributed by atoms with Crippen molar-refractivity contribution < 1.29 is 0 Å². The van der Waals surface area contributed by atoms with Crippen molar-refractivity contribution in [3.63, 3.8) is 0 Å². The fourth-order valence-corrected chi connectivity index (χ4v) is 6.49. The zero-order valence-electron chi connectivity index (χ0n) is 17.0. The lowest BCUT2D eigenvalue weighted by atomic mass is 9.69. The van der Waals surface area contributed by atoms with Crippen molar-refractivity contribution in [2.45, 2.75) is 39.5 Å². The molecule has 0 heteroatoms. The van der Waals surface area contributed by atoms with Crippen LogP contribution < -0.4 is 0 Å². The van der Waals surface area contributed by atoms with Crippen molar-refractivity contribution in [2.75, 3.05) is 0 Å². The molecular formula is C30H26. The maximum Gasteiger partial charge on any atom is 0.0725 e. The Bertz CT molecular complexity index is 1280. The van der Waals surface area contributed by atoms with Crippen molar-refractivity contribution in [3.05, 3.63) is 117 Å². The molecular weight excluding hydrogens is 360 g/mol.